The van der Waals surface area contributed by atoms with Crippen molar-refractivity contribution in [2.75, 3.05) is 10.6 Å². The fourth-order valence-electron chi connectivity index (χ4n) is 1.42. The number of hydrogen-bond donors (Lipinski definition) is 3. The van der Waals surface area contributed by atoms with Gasteiger partial charge in [0.15, 0.2) is 0 Å². The van der Waals surface area contributed by atoms with Gasteiger partial charge in [-0.2, -0.15) is 0 Å². The van der Waals surface area contributed by atoms with Gasteiger partial charge in [0.1, 0.15) is 0 Å². The predicted octanol–water partition coefficient (Wildman–Crippen LogP) is 2.96. The van der Waals surface area contributed by atoms with E-state index in [4.69, 9.17) is 0 Å². The number of urea groups is 1. The molecule has 3 N–H and O–H groups in total. The second kappa shape index (κ2) is 7.41. The Bertz CT molecular complexity index is 446. The lowest BCUT2D eigenvalue weighted by molar-refractivity contribution is -0.115. The van der Waals surface area contributed by atoms with Crippen LogP contribution in [0.25, 0.3) is 0 Å². The van der Waals surface area contributed by atoms with E-state index in [1.54, 1.807) is 31.2 Å². The maximum atomic E-state index is 11.7. The Hall–Kier alpha value is -2.04. The summed E-state index contributed by atoms with van der Waals surface area (Å²) in [4.78, 5) is 23.0. The summed E-state index contributed by atoms with van der Waals surface area (Å²) < 4.78 is 0. The van der Waals surface area contributed by atoms with E-state index in [0.29, 0.717) is 17.8 Å². The molecule has 0 radical (unpaired) electrons. The minimum atomic E-state index is -0.242. The lowest BCUT2D eigenvalue weighted by Gasteiger charge is -2.13. The molecule has 0 saturated carbocycles. The number of nitrogens with one attached hydrogen (secondary N) is 3. The van der Waals surface area contributed by atoms with Gasteiger partial charge in [-0.1, -0.05) is 19.9 Å². The summed E-state index contributed by atoms with van der Waals surface area (Å²) in [6.45, 7) is 5.74. The summed E-state index contributed by atoms with van der Waals surface area (Å²) in [5.41, 5.74) is 1.32. The van der Waals surface area contributed by atoms with Crippen LogP contribution in [0.4, 0.5) is 16.2 Å². The van der Waals surface area contributed by atoms with E-state index < -0.39 is 0 Å². The Balaban J connectivity index is 2.61. The molecular formula is C14H21N3O2. The topological polar surface area (TPSA) is 70.2 Å². The zero-order valence-electron chi connectivity index (χ0n) is 11.6. The lowest BCUT2D eigenvalue weighted by Crippen LogP contribution is -2.35. The summed E-state index contributed by atoms with van der Waals surface area (Å²) in [5.74, 6) is -0.0544. The number of hydrogen-bond acceptors (Lipinski definition) is 2. The van der Waals surface area contributed by atoms with Gasteiger partial charge in [0.05, 0.1) is 0 Å². The van der Waals surface area contributed by atoms with Gasteiger partial charge in [0, 0.05) is 23.8 Å². The van der Waals surface area contributed by atoms with Crippen LogP contribution in [0.3, 0.4) is 0 Å². The molecule has 0 fully saturated rings. The Morgan fingerprint density at radius 2 is 1.79 bits per heavy atom. The van der Waals surface area contributed by atoms with Crippen LogP contribution >= 0.6 is 0 Å². The van der Waals surface area contributed by atoms with Crippen LogP contribution in [-0.4, -0.2) is 18.0 Å². The average molecular weight is 263 g/mol. The third-order valence-corrected chi connectivity index (χ3v) is 2.72. The SMILES string of the molecule is CCC(=O)Nc1cccc(NC(=O)N[C@@H](C)CC)c1. The number of benzene rings is 1. The van der Waals surface area contributed by atoms with Gasteiger partial charge in [0.25, 0.3) is 0 Å². The molecule has 5 nitrogen and oxygen atoms in total. The van der Waals surface area contributed by atoms with E-state index in [2.05, 4.69) is 16.0 Å². The summed E-state index contributed by atoms with van der Waals surface area (Å²) in [5, 5.41) is 8.30. The van der Waals surface area contributed by atoms with Crippen molar-refractivity contribution in [2.45, 2.75) is 39.7 Å². The first-order valence-electron chi connectivity index (χ1n) is 6.52. The molecule has 3 amide bonds. The van der Waals surface area contributed by atoms with E-state index in [-0.39, 0.29) is 18.0 Å². The number of carbonyl (C=O) groups excluding carboxylic acids is 2. The lowest BCUT2D eigenvalue weighted by atomic mass is 10.2. The van der Waals surface area contributed by atoms with Crippen LogP contribution < -0.4 is 16.0 Å². The van der Waals surface area contributed by atoms with Crippen LogP contribution in [0, 0.1) is 0 Å². The molecule has 5 heteroatoms. The molecule has 0 aliphatic heterocycles. The van der Waals surface area contributed by atoms with Crippen LogP contribution in [0.2, 0.25) is 0 Å². The highest BCUT2D eigenvalue weighted by atomic mass is 16.2. The van der Waals surface area contributed by atoms with Gasteiger partial charge in [-0.05, 0) is 31.5 Å². The third-order valence-electron chi connectivity index (χ3n) is 2.72. The van der Waals surface area contributed by atoms with Gasteiger partial charge < -0.3 is 16.0 Å². The largest absolute Gasteiger partial charge is 0.335 e. The molecule has 19 heavy (non-hydrogen) atoms. The number of amides is 3. The Labute approximate surface area is 113 Å². The smallest absolute Gasteiger partial charge is 0.319 e. The van der Waals surface area contributed by atoms with Crippen LogP contribution in [0.1, 0.15) is 33.6 Å². The van der Waals surface area contributed by atoms with Crippen molar-refractivity contribution in [3.8, 4) is 0 Å². The van der Waals surface area contributed by atoms with Crippen LogP contribution in [0.5, 0.6) is 0 Å². The molecule has 0 aliphatic carbocycles. The van der Waals surface area contributed by atoms with Gasteiger partial charge in [-0.15, -0.1) is 0 Å². The van der Waals surface area contributed by atoms with Gasteiger partial charge in [0.2, 0.25) is 5.91 Å². The Morgan fingerprint density at radius 3 is 2.37 bits per heavy atom. The molecule has 0 bridgehead atoms. The van der Waals surface area contributed by atoms with E-state index in [1.807, 2.05) is 13.8 Å². The molecule has 0 saturated heterocycles. The molecule has 0 heterocycles. The van der Waals surface area contributed by atoms with Gasteiger partial charge in [-0.25, -0.2) is 4.79 Å². The average Bonchev–Trinajstić information content (AvgIpc) is 2.38. The standard InChI is InChI=1S/C14H21N3O2/c1-4-10(3)15-14(19)17-12-8-6-7-11(9-12)16-13(18)5-2/h6-10H,4-5H2,1-3H3,(H,16,18)(H2,15,17,19)/t10-/m0/s1. The zero-order chi connectivity index (χ0) is 14.3. The highest BCUT2D eigenvalue weighted by Crippen LogP contribution is 2.15. The first-order valence-corrected chi connectivity index (χ1v) is 6.52. The van der Waals surface area contributed by atoms with E-state index >= 15 is 0 Å². The number of anilines is 2. The van der Waals surface area contributed by atoms with Crippen LogP contribution in [0.15, 0.2) is 24.3 Å². The quantitative estimate of drug-likeness (QED) is 0.764. The van der Waals surface area contributed by atoms with Crippen molar-refractivity contribution in [2.24, 2.45) is 0 Å². The van der Waals surface area contributed by atoms with E-state index in [0.717, 1.165) is 6.42 Å². The van der Waals surface area contributed by atoms with Gasteiger partial charge in [-0.3, -0.25) is 4.79 Å². The van der Waals surface area contributed by atoms with Crippen molar-refractivity contribution >= 4 is 23.3 Å². The van der Waals surface area contributed by atoms with E-state index in [1.165, 1.54) is 0 Å². The van der Waals surface area contributed by atoms with Crippen LogP contribution in [-0.2, 0) is 4.79 Å². The summed E-state index contributed by atoms with van der Waals surface area (Å²) in [7, 11) is 0. The highest BCUT2D eigenvalue weighted by molar-refractivity contribution is 5.93. The summed E-state index contributed by atoms with van der Waals surface area (Å²) in [6.07, 6.45) is 1.30. The summed E-state index contributed by atoms with van der Waals surface area (Å²) >= 11 is 0. The van der Waals surface area contributed by atoms with Gasteiger partial charge >= 0.3 is 6.03 Å². The predicted molar refractivity (Wildman–Crippen MR) is 77.3 cm³/mol. The minimum Gasteiger partial charge on any atom is -0.335 e. The fourth-order valence-corrected chi connectivity index (χ4v) is 1.42. The summed E-state index contributed by atoms with van der Waals surface area (Å²) in [6, 6.07) is 6.95. The maximum absolute atomic E-state index is 11.7. The van der Waals surface area contributed by atoms with Crippen molar-refractivity contribution < 1.29 is 9.59 Å². The van der Waals surface area contributed by atoms with Crippen molar-refractivity contribution in [3.05, 3.63) is 24.3 Å². The molecule has 1 aromatic carbocycles. The molecule has 0 aromatic heterocycles. The Kier molecular flexibility index (Phi) is 5.85. The molecule has 1 aromatic rings. The number of carbonyl (C=O) groups is 2. The molecular weight excluding hydrogens is 242 g/mol. The third kappa shape index (κ3) is 5.42. The monoisotopic (exact) mass is 263 g/mol. The molecule has 0 unspecified atom stereocenters. The van der Waals surface area contributed by atoms with E-state index in [9.17, 15) is 9.59 Å². The molecule has 0 aliphatic rings. The number of rotatable bonds is 5. The van der Waals surface area contributed by atoms with Crippen molar-refractivity contribution in [1.82, 2.24) is 5.32 Å². The molecule has 1 atom stereocenters. The molecule has 104 valence electrons. The minimum absolute atomic E-state index is 0.0544. The first-order chi connectivity index (χ1) is 9.05. The first kappa shape index (κ1) is 15.0. The zero-order valence-corrected chi connectivity index (χ0v) is 11.6. The molecule has 0 spiro atoms. The maximum Gasteiger partial charge on any atom is 0.319 e. The normalized spacial score (nSPS) is 11.5. The fraction of sp³-hybridized carbons (Fsp3) is 0.429. The van der Waals surface area contributed by atoms with Crippen molar-refractivity contribution in [1.29, 1.82) is 0 Å². The second-order valence-corrected chi connectivity index (χ2v) is 4.39. The second-order valence-electron chi connectivity index (χ2n) is 4.39. The van der Waals surface area contributed by atoms with Crippen molar-refractivity contribution in [3.63, 3.8) is 0 Å². The Morgan fingerprint density at radius 1 is 1.16 bits per heavy atom. The highest BCUT2D eigenvalue weighted by Gasteiger charge is 2.06. The molecule has 1 rings (SSSR count).